The lowest BCUT2D eigenvalue weighted by Crippen LogP contribution is -2.00. The largest absolute Gasteiger partial charge is 0.264 e. The Morgan fingerprint density at radius 2 is 1.87 bits per heavy atom. The van der Waals surface area contributed by atoms with Gasteiger partial charge in [0.15, 0.2) is 5.65 Å². The zero-order chi connectivity index (χ0) is 16.1. The predicted octanol–water partition coefficient (Wildman–Crippen LogP) is 4.68. The van der Waals surface area contributed by atoms with E-state index in [2.05, 4.69) is 10.1 Å². The fourth-order valence-electron chi connectivity index (χ4n) is 2.87. The van der Waals surface area contributed by atoms with E-state index in [1.54, 1.807) is 19.1 Å². The number of hydrogen-bond donors (Lipinski definition) is 0. The highest BCUT2D eigenvalue weighted by molar-refractivity contribution is 5.84. The Bertz CT molecular complexity index is 880. The molecule has 6 heteroatoms. The molecule has 1 aliphatic rings. The Kier molecular flexibility index (Phi) is 3.14. The number of benzene rings is 1. The van der Waals surface area contributed by atoms with Crippen LogP contribution in [0.2, 0.25) is 0 Å². The highest BCUT2D eigenvalue weighted by atomic mass is 19.3. The van der Waals surface area contributed by atoms with E-state index in [0.717, 1.165) is 12.8 Å². The summed E-state index contributed by atoms with van der Waals surface area (Å²) in [5.74, 6) is -0.101. The third-order valence-corrected chi connectivity index (χ3v) is 4.17. The number of aromatic nitrogens is 3. The summed E-state index contributed by atoms with van der Waals surface area (Å²) in [5, 5.41) is 4.74. The van der Waals surface area contributed by atoms with Crippen LogP contribution in [0.4, 0.5) is 13.2 Å². The molecule has 3 nitrogen and oxygen atoms in total. The highest BCUT2D eigenvalue weighted by Crippen LogP contribution is 2.42. The van der Waals surface area contributed by atoms with E-state index in [0.29, 0.717) is 28.1 Å². The Morgan fingerprint density at radius 3 is 2.48 bits per heavy atom. The van der Waals surface area contributed by atoms with Crippen molar-refractivity contribution >= 4 is 11.0 Å². The van der Waals surface area contributed by atoms with E-state index in [4.69, 9.17) is 0 Å². The molecular formula is C17H14F3N3. The van der Waals surface area contributed by atoms with Crippen molar-refractivity contribution in [2.75, 3.05) is 0 Å². The summed E-state index contributed by atoms with van der Waals surface area (Å²) in [5.41, 5.74) is 2.17. The second kappa shape index (κ2) is 5.08. The first-order chi connectivity index (χ1) is 11.0. The minimum Gasteiger partial charge on any atom is -0.233 e. The van der Waals surface area contributed by atoms with Gasteiger partial charge in [-0.3, -0.25) is 0 Å². The summed E-state index contributed by atoms with van der Waals surface area (Å²) in [6, 6.07) is 7.27. The van der Waals surface area contributed by atoms with E-state index in [9.17, 15) is 13.2 Å². The molecule has 0 N–H and O–H groups in total. The van der Waals surface area contributed by atoms with Crippen molar-refractivity contribution in [2.24, 2.45) is 0 Å². The predicted molar refractivity (Wildman–Crippen MR) is 80.5 cm³/mol. The van der Waals surface area contributed by atoms with Crippen molar-refractivity contribution in [1.82, 2.24) is 14.8 Å². The molecule has 1 aromatic carbocycles. The molecule has 2 aromatic heterocycles. The van der Waals surface area contributed by atoms with E-state index in [-0.39, 0.29) is 17.3 Å². The van der Waals surface area contributed by atoms with Crippen molar-refractivity contribution in [1.29, 1.82) is 0 Å². The molecule has 3 aromatic rings. The van der Waals surface area contributed by atoms with Gasteiger partial charge in [0.05, 0.1) is 16.8 Å². The topological polar surface area (TPSA) is 30.7 Å². The Labute approximate surface area is 130 Å². The second-order valence-electron chi connectivity index (χ2n) is 5.88. The summed E-state index contributed by atoms with van der Waals surface area (Å²) in [6.45, 7) is 1.69. The summed E-state index contributed by atoms with van der Waals surface area (Å²) in [4.78, 5) is 4.57. The van der Waals surface area contributed by atoms with Gasteiger partial charge in [-0.1, -0.05) is 0 Å². The smallest absolute Gasteiger partial charge is 0.233 e. The highest BCUT2D eigenvalue weighted by Gasteiger charge is 2.29. The quantitative estimate of drug-likeness (QED) is 0.702. The lowest BCUT2D eigenvalue weighted by atomic mass is 10.1. The van der Waals surface area contributed by atoms with Gasteiger partial charge in [0.25, 0.3) is 6.43 Å². The number of hydrogen-bond acceptors (Lipinski definition) is 2. The molecule has 1 aliphatic carbocycles. The van der Waals surface area contributed by atoms with Gasteiger partial charge < -0.3 is 0 Å². The van der Waals surface area contributed by atoms with Gasteiger partial charge in [-0.2, -0.15) is 5.10 Å². The van der Waals surface area contributed by atoms with Crippen LogP contribution in [0.1, 0.15) is 42.1 Å². The summed E-state index contributed by atoms with van der Waals surface area (Å²) in [7, 11) is 0. The number of pyridine rings is 1. The van der Waals surface area contributed by atoms with Gasteiger partial charge in [0.1, 0.15) is 5.82 Å². The van der Waals surface area contributed by atoms with Crippen molar-refractivity contribution < 1.29 is 13.2 Å². The van der Waals surface area contributed by atoms with Crippen LogP contribution in [-0.2, 0) is 0 Å². The molecule has 0 radical (unpaired) electrons. The molecule has 0 saturated heterocycles. The Hall–Kier alpha value is -2.37. The van der Waals surface area contributed by atoms with E-state index >= 15 is 0 Å². The first-order valence-electron chi connectivity index (χ1n) is 7.49. The fraction of sp³-hybridized carbons (Fsp3) is 0.294. The lowest BCUT2D eigenvalue weighted by Gasteiger charge is -2.08. The molecule has 118 valence electrons. The van der Waals surface area contributed by atoms with Crippen LogP contribution in [0.5, 0.6) is 0 Å². The summed E-state index contributed by atoms with van der Waals surface area (Å²) >= 11 is 0. The van der Waals surface area contributed by atoms with E-state index < -0.39 is 6.43 Å². The molecule has 0 bridgehead atoms. The molecule has 0 unspecified atom stereocenters. The number of rotatable bonds is 3. The number of nitrogens with zero attached hydrogens (tertiary/aromatic N) is 3. The SMILES string of the molecule is Cc1nn(-c2ccc(F)cc2)c2nc(C3CC3)cc(C(F)F)c12. The molecule has 0 atom stereocenters. The zero-order valence-electron chi connectivity index (χ0n) is 12.4. The number of alkyl halides is 2. The molecule has 1 fully saturated rings. The molecule has 1 saturated carbocycles. The third-order valence-electron chi connectivity index (χ3n) is 4.17. The molecule has 0 amide bonds. The molecule has 23 heavy (non-hydrogen) atoms. The standard InChI is InChI=1S/C17H14F3N3/c1-9-15-13(16(19)20)8-14(10-2-3-10)21-17(15)23(22-9)12-6-4-11(18)5-7-12/h4-8,10,16H,2-3H2,1H3. The molecule has 4 rings (SSSR count). The van der Waals surface area contributed by atoms with Crippen LogP contribution in [0.15, 0.2) is 30.3 Å². The maximum Gasteiger partial charge on any atom is 0.264 e. The van der Waals surface area contributed by atoms with Crippen molar-refractivity contribution in [3.05, 3.63) is 53.1 Å². The minimum absolute atomic E-state index is 0.0252. The van der Waals surface area contributed by atoms with Crippen LogP contribution in [0, 0.1) is 12.7 Å². The van der Waals surface area contributed by atoms with Crippen LogP contribution >= 0.6 is 0 Å². The molecule has 0 spiro atoms. The third kappa shape index (κ3) is 2.38. The van der Waals surface area contributed by atoms with Gasteiger partial charge >= 0.3 is 0 Å². The van der Waals surface area contributed by atoms with Crippen LogP contribution in [-0.4, -0.2) is 14.8 Å². The molecule has 0 aliphatic heterocycles. The number of aryl methyl sites for hydroxylation is 1. The monoisotopic (exact) mass is 317 g/mol. The Balaban J connectivity index is 2.00. The zero-order valence-corrected chi connectivity index (χ0v) is 12.4. The van der Waals surface area contributed by atoms with E-state index in [1.165, 1.54) is 22.9 Å². The molecular weight excluding hydrogens is 303 g/mol. The first kappa shape index (κ1) is 14.2. The number of halogens is 3. The van der Waals surface area contributed by atoms with Gasteiger partial charge in [0, 0.05) is 17.2 Å². The summed E-state index contributed by atoms with van der Waals surface area (Å²) in [6.07, 6.45) is -0.627. The number of fused-ring (bicyclic) bond motifs is 1. The van der Waals surface area contributed by atoms with Crippen LogP contribution < -0.4 is 0 Å². The maximum atomic E-state index is 13.5. The summed E-state index contributed by atoms with van der Waals surface area (Å²) < 4.78 is 41.6. The average Bonchev–Trinajstić information content (AvgIpc) is 3.32. The minimum atomic E-state index is -2.58. The van der Waals surface area contributed by atoms with Gasteiger partial charge in [-0.05, 0) is 50.1 Å². The molecule has 2 heterocycles. The van der Waals surface area contributed by atoms with E-state index in [1.807, 2.05) is 0 Å². The van der Waals surface area contributed by atoms with Gasteiger partial charge in [-0.25, -0.2) is 22.8 Å². The van der Waals surface area contributed by atoms with Gasteiger partial charge in [-0.15, -0.1) is 0 Å². The maximum absolute atomic E-state index is 13.5. The average molecular weight is 317 g/mol. The fourth-order valence-corrected chi connectivity index (χ4v) is 2.87. The van der Waals surface area contributed by atoms with Crippen molar-refractivity contribution in [3.63, 3.8) is 0 Å². The lowest BCUT2D eigenvalue weighted by molar-refractivity contribution is 0.153. The van der Waals surface area contributed by atoms with Crippen molar-refractivity contribution in [2.45, 2.75) is 32.1 Å². The first-order valence-corrected chi connectivity index (χ1v) is 7.49. The normalized spacial score (nSPS) is 14.8. The second-order valence-corrected chi connectivity index (χ2v) is 5.88. The Morgan fingerprint density at radius 1 is 1.17 bits per heavy atom. The van der Waals surface area contributed by atoms with Crippen LogP contribution in [0.25, 0.3) is 16.7 Å². The van der Waals surface area contributed by atoms with Crippen LogP contribution in [0.3, 0.4) is 0 Å². The van der Waals surface area contributed by atoms with Crippen molar-refractivity contribution in [3.8, 4) is 5.69 Å². The van der Waals surface area contributed by atoms with Gasteiger partial charge in [0.2, 0.25) is 0 Å².